The standard InChI is InChI=1S/C49H31NO.C27H19NO.C22H13Br/c1-49(2)42-26-45-40(24-38(42)39-25-41-34-13-6-8-17-46(34)51-47(41)27-43(39)49)33-12-5-7-16-44(33)50(45)29-20-18-28(19-21-29)30-22-23-37-32-11-4-3-10-31(32)36-15-9-14-35(30)48(36)37;1-27(2)21-13-24-19(15-7-3-5-9-23(15)28-24)11-17(21)18-12-20-16-8-4-6-10-25(16)29-26(20)14-22(18)27;23-15-10-8-14(9-11-15)16-12-13-21-18-5-2-1-4-17(18)20-7-3-6-19(16)22(20)21/h3-27H,1-2H3;3-14,28H,1-2H3;1-13H. The van der Waals surface area contributed by atoms with Gasteiger partial charge in [-0.1, -0.05) is 250 Å². The van der Waals surface area contributed by atoms with Gasteiger partial charge >= 0.3 is 0 Å². The highest BCUT2D eigenvalue weighted by Gasteiger charge is 2.39. The molecule has 0 radical (unpaired) electrons. The second kappa shape index (κ2) is 21.4. The molecule has 0 bridgehead atoms. The maximum atomic E-state index is 6.36. The first-order valence-electron chi connectivity index (χ1n) is 35.7. The minimum Gasteiger partial charge on any atom is -0.456 e. The van der Waals surface area contributed by atoms with E-state index in [4.69, 9.17) is 8.83 Å². The highest BCUT2D eigenvalue weighted by Crippen LogP contribution is 2.56. The summed E-state index contributed by atoms with van der Waals surface area (Å²) in [6, 6.07) is 111. The fraction of sp³-hybridized carbons (Fsp3) is 0.0612. The van der Waals surface area contributed by atoms with Crippen LogP contribution in [0.4, 0.5) is 0 Å². The first-order chi connectivity index (χ1) is 50.5. The number of nitrogens with zero attached hydrogens (tertiary/aromatic N) is 1. The van der Waals surface area contributed by atoms with Crippen LogP contribution >= 0.6 is 15.9 Å². The van der Waals surface area contributed by atoms with Crippen LogP contribution in [0.2, 0.25) is 0 Å². The van der Waals surface area contributed by atoms with Gasteiger partial charge in [-0.25, -0.2) is 0 Å². The van der Waals surface area contributed by atoms with Crippen LogP contribution in [0.3, 0.4) is 0 Å². The molecule has 0 saturated carbocycles. The average Bonchev–Trinajstić information content (AvgIpc) is 1.56. The molecule has 24 rings (SSSR count). The molecule has 4 aliphatic rings. The molecular weight excluding hydrogens is 1320 g/mol. The van der Waals surface area contributed by atoms with E-state index in [0.717, 1.165) is 26.8 Å². The van der Waals surface area contributed by atoms with Crippen molar-refractivity contribution in [1.82, 2.24) is 9.55 Å². The summed E-state index contributed by atoms with van der Waals surface area (Å²) in [7, 11) is 0. The molecule has 5 heteroatoms. The molecule has 0 fully saturated rings. The van der Waals surface area contributed by atoms with Crippen LogP contribution in [0.15, 0.2) is 317 Å². The number of fused-ring (bicyclic) bond motifs is 24. The van der Waals surface area contributed by atoms with Crippen molar-refractivity contribution in [3.63, 3.8) is 0 Å². The van der Waals surface area contributed by atoms with Crippen LogP contribution < -0.4 is 0 Å². The minimum atomic E-state index is -0.174. The lowest BCUT2D eigenvalue weighted by Crippen LogP contribution is -2.15. The summed E-state index contributed by atoms with van der Waals surface area (Å²) in [5, 5.41) is 15.2. The number of nitrogens with one attached hydrogen (secondary N) is 1. The summed E-state index contributed by atoms with van der Waals surface area (Å²) in [6.45, 7) is 9.36. The van der Waals surface area contributed by atoms with Crippen molar-refractivity contribution < 1.29 is 8.83 Å². The Morgan fingerprint density at radius 2 is 0.660 bits per heavy atom. The van der Waals surface area contributed by atoms with Gasteiger partial charge in [0, 0.05) is 75.1 Å². The smallest absolute Gasteiger partial charge is 0.135 e. The van der Waals surface area contributed by atoms with E-state index in [1.54, 1.807) is 0 Å². The van der Waals surface area contributed by atoms with Crippen LogP contribution in [-0.2, 0) is 10.8 Å². The minimum absolute atomic E-state index is 0.0662. The van der Waals surface area contributed by atoms with Gasteiger partial charge in [0.2, 0.25) is 0 Å². The topological polar surface area (TPSA) is 47.0 Å². The number of aromatic amines is 1. The predicted octanol–water partition coefficient (Wildman–Crippen LogP) is 27.9. The van der Waals surface area contributed by atoms with E-state index in [9.17, 15) is 0 Å². The third-order valence-corrected chi connectivity index (χ3v) is 24.0. The van der Waals surface area contributed by atoms with E-state index in [1.807, 2.05) is 12.1 Å². The first-order valence-corrected chi connectivity index (χ1v) is 36.5. The van der Waals surface area contributed by atoms with Crippen molar-refractivity contribution in [2.75, 3.05) is 0 Å². The maximum Gasteiger partial charge on any atom is 0.135 e. The Hall–Kier alpha value is -12.3. The first kappa shape index (κ1) is 58.5. The van der Waals surface area contributed by atoms with Crippen LogP contribution in [0.25, 0.3) is 204 Å². The van der Waals surface area contributed by atoms with Crippen LogP contribution in [0.5, 0.6) is 0 Å². The quantitative estimate of drug-likeness (QED) is 0.192. The molecule has 0 atom stereocenters. The molecule has 1 N–H and O–H groups in total. The van der Waals surface area contributed by atoms with E-state index >= 15 is 0 Å². The molecular formula is C98H63BrN2O2. The van der Waals surface area contributed by atoms with Gasteiger partial charge in [0.1, 0.15) is 22.3 Å². The van der Waals surface area contributed by atoms with Crippen LogP contribution in [0.1, 0.15) is 49.9 Å². The van der Waals surface area contributed by atoms with Gasteiger partial charge in [0.05, 0.1) is 11.0 Å². The molecule has 16 aromatic carbocycles. The number of rotatable bonds is 3. The lowest BCUT2D eigenvalue weighted by molar-refractivity contribution is 0.647. The van der Waals surface area contributed by atoms with Crippen molar-refractivity contribution >= 4 is 125 Å². The lowest BCUT2D eigenvalue weighted by Gasteiger charge is -2.21. The Morgan fingerprint density at radius 3 is 1.20 bits per heavy atom. The molecule has 0 saturated heterocycles. The molecule has 0 spiro atoms. The monoisotopic (exact) mass is 1380 g/mol. The van der Waals surface area contributed by atoms with Crippen LogP contribution in [0, 0.1) is 0 Å². The molecule has 20 aromatic rings. The van der Waals surface area contributed by atoms with Crippen molar-refractivity contribution in [1.29, 1.82) is 0 Å². The molecule has 0 unspecified atom stereocenters. The van der Waals surface area contributed by atoms with Gasteiger partial charge in [-0.2, -0.15) is 0 Å². The molecule has 4 nitrogen and oxygen atoms in total. The van der Waals surface area contributed by atoms with Crippen molar-refractivity contribution in [2.24, 2.45) is 0 Å². The fourth-order valence-electron chi connectivity index (χ4n) is 18.5. The highest BCUT2D eigenvalue weighted by molar-refractivity contribution is 9.10. The Morgan fingerprint density at radius 1 is 0.262 bits per heavy atom. The predicted molar refractivity (Wildman–Crippen MR) is 435 cm³/mol. The zero-order valence-corrected chi connectivity index (χ0v) is 58.6. The fourth-order valence-corrected chi connectivity index (χ4v) is 18.8. The van der Waals surface area contributed by atoms with Gasteiger partial charge in [-0.3, -0.25) is 0 Å². The Kier molecular flexibility index (Phi) is 12.1. The molecule has 0 aliphatic heterocycles. The Balaban J connectivity index is 0.000000108. The third kappa shape index (κ3) is 8.34. The van der Waals surface area contributed by atoms with Crippen LogP contribution in [-0.4, -0.2) is 9.55 Å². The normalized spacial score (nSPS) is 13.6. The highest BCUT2D eigenvalue weighted by atomic mass is 79.9. The number of furan rings is 2. The number of aromatic nitrogens is 2. The van der Waals surface area contributed by atoms with Gasteiger partial charge in [0.15, 0.2) is 0 Å². The van der Waals surface area contributed by atoms with E-state index < -0.39 is 0 Å². The zero-order chi connectivity index (χ0) is 68.3. The number of benzene rings is 16. The lowest BCUT2D eigenvalue weighted by atomic mass is 9.82. The Bertz CT molecular complexity index is 6930. The largest absolute Gasteiger partial charge is 0.456 e. The van der Waals surface area contributed by atoms with E-state index in [-0.39, 0.29) is 10.8 Å². The van der Waals surface area contributed by atoms with E-state index in [1.165, 1.54) is 204 Å². The number of para-hydroxylation sites is 4. The number of H-pyrrole nitrogens is 1. The van der Waals surface area contributed by atoms with Gasteiger partial charge in [-0.05, 0) is 230 Å². The summed E-state index contributed by atoms with van der Waals surface area (Å²) in [5.41, 5.74) is 36.1. The number of hydrogen-bond donors (Lipinski definition) is 1. The summed E-state index contributed by atoms with van der Waals surface area (Å²) in [6.07, 6.45) is 0. The number of halogens is 1. The average molecular weight is 1380 g/mol. The van der Waals surface area contributed by atoms with E-state index in [2.05, 4.69) is 344 Å². The molecule has 4 heterocycles. The summed E-state index contributed by atoms with van der Waals surface area (Å²) >= 11 is 3.52. The molecule has 4 aliphatic carbocycles. The van der Waals surface area contributed by atoms with Crippen molar-refractivity contribution in [3.8, 4) is 94.7 Å². The number of hydrogen-bond acceptors (Lipinski definition) is 2. The summed E-state index contributed by atoms with van der Waals surface area (Å²) in [5.74, 6) is 0. The zero-order valence-electron chi connectivity index (χ0n) is 57.0. The molecule has 484 valence electrons. The maximum absolute atomic E-state index is 6.36. The molecule has 103 heavy (non-hydrogen) atoms. The van der Waals surface area contributed by atoms with Crippen molar-refractivity contribution in [3.05, 3.63) is 330 Å². The third-order valence-electron chi connectivity index (χ3n) is 23.5. The van der Waals surface area contributed by atoms with Gasteiger partial charge in [0.25, 0.3) is 0 Å². The van der Waals surface area contributed by atoms with E-state index in [0.29, 0.717) is 0 Å². The summed E-state index contributed by atoms with van der Waals surface area (Å²) in [4.78, 5) is 3.61. The summed E-state index contributed by atoms with van der Waals surface area (Å²) < 4.78 is 16.1. The van der Waals surface area contributed by atoms with Gasteiger partial charge in [-0.15, -0.1) is 0 Å². The second-order valence-electron chi connectivity index (χ2n) is 29.5. The van der Waals surface area contributed by atoms with Crippen molar-refractivity contribution in [2.45, 2.75) is 38.5 Å². The SMILES string of the molecule is Brc1ccc(-c2ccc3c4c(cccc24)-c2ccccc2-3)cc1.CC1(C)c2cc3[nH]c4ccccc4c3cc2-c2cc3c(cc21)oc1ccccc13.CC1(C)c2cc3oc4ccccc4c3cc2-c2cc3c4ccccc4n(-c4ccc(-c5ccc6c7c(cccc57)-c5ccccc5-6)cc4)c3cc21. The van der Waals surface area contributed by atoms with Gasteiger partial charge < -0.3 is 18.4 Å². The second-order valence-corrected chi connectivity index (χ2v) is 30.5. The Labute approximate surface area is 602 Å². The molecule has 4 aromatic heterocycles. The molecule has 0 amide bonds.